The molecular weight excluding hydrogens is 244 g/mol. The molecule has 0 bridgehead atoms. The lowest BCUT2D eigenvalue weighted by molar-refractivity contribution is 0.227. The smallest absolute Gasteiger partial charge is 0.205 e. The van der Waals surface area contributed by atoms with E-state index >= 15 is 0 Å². The monoisotopic (exact) mass is 268 g/mol. The molecule has 0 spiro atoms. The maximum absolute atomic E-state index is 4.23. The molecule has 1 heterocycles. The van der Waals surface area contributed by atoms with Gasteiger partial charge in [0.15, 0.2) is 0 Å². The van der Waals surface area contributed by atoms with Crippen LogP contribution in [0.15, 0.2) is 0 Å². The van der Waals surface area contributed by atoms with E-state index in [1.807, 2.05) is 0 Å². The molecule has 0 saturated heterocycles. The van der Waals surface area contributed by atoms with Crippen molar-refractivity contribution in [1.82, 2.24) is 15.1 Å². The summed E-state index contributed by atoms with van der Waals surface area (Å²) in [4.78, 5) is 2.40. The highest BCUT2D eigenvalue weighted by molar-refractivity contribution is 7.15. The van der Waals surface area contributed by atoms with E-state index in [0.717, 1.165) is 29.1 Å². The molecule has 18 heavy (non-hydrogen) atoms. The zero-order chi connectivity index (χ0) is 12.8. The van der Waals surface area contributed by atoms with Gasteiger partial charge in [-0.1, -0.05) is 30.6 Å². The molecule has 0 unspecified atom stereocenters. The average molecular weight is 268 g/mol. The van der Waals surface area contributed by atoms with E-state index in [2.05, 4.69) is 34.4 Å². The third-order valence-corrected chi connectivity index (χ3v) is 4.36. The first-order valence-electron chi connectivity index (χ1n) is 7.02. The lowest BCUT2D eigenvalue weighted by atomic mass is 9.89. The van der Waals surface area contributed by atoms with E-state index < -0.39 is 0 Å². The summed E-state index contributed by atoms with van der Waals surface area (Å²) in [6, 6.07) is 0. The SMILES string of the molecule is CCNc1nnc(CN(C)CC2CCCCC2)s1. The van der Waals surface area contributed by atoms with Crippen molar-refractivity contribution in [2.75, 3.05) is 25.5 Å². The Kier molecular flexibility index (Phi) is 5.38. The van der Waals surface area contributed by atoms with Crippen LogP contribution in [0.2, 0.25) is 0 Å². The van der Waals surface area contributed by atoms with Crippen molar-refractivity contribution in [3.63, 3.8) is 0 Å². The summed E-state index contributed by atoms with van der Waals surface area (Å²) < 4.78 is 0. The van der Waals surface area contributed by atoms with Crippen LogP contribution in [0.3, 0.4) is 0 Å². The van der Waals surface area contributed by atoms with Gasteiger partial charge >= 0.3 is 0 Å². The van der Waals surface area contributed by atoms with Crippen LogP contribution >= 0.6 is 11.3 Å². The standard InChI is InChI=1S/C13H24N4S/c1-3-14-13-16-15-12(18-13)10-17(2)9-11-7-5-4-6-8-11/h11H,3-10H2,1-2H3,(H,14,16). The molecule has 4 nitrogen and oxygen atoms in total. The zero-order valence-electron chi connectivity index (χ0n) is 11.5. The van der Waals surface area contributed by atoms with Gasteiger partial charge in [0.25, 0.3) is 0 Å². The predicted octanol–water partition coefficient (Wildman–Crippen LogP) is 2.98. The number of hydrogen-bond donors (Lipinski definition) is 1. The first-order chi connectivity index (χ1) is 8.78. The molecule has 1 saturated carbocycles. The van der Waals surface area contributed by atoms with Crippen LogP contribution < -0.4 is 5.32 Å². The van der Waals surface area contributed by atoms with Gasteiger partial charge in [-0.3, -0.25) is 4.90 Å². The Morgan fingerprint density at radius 1 is 1.28 bits per heavy atom. The lowest BCUT2D eigenvalue weighted by Crippen LogP contribution is -2.26. The third kappa shape index (κ3) is 4.21. The Hall–Kier alpha value is -0.680. The van der Waals surface area contributed by atoms with Crippen LogP contribution in [0.4, 0.5) is 5.13 Å². The second-order valence-electron chi connectivity index (χ2n) is 5.23. The fourth-order valence-electron chi connectivity index (χ4n) is 2.65. The van der Waals surface area contributed by atoms with Gasteiger partial charge in [0.2, 0.25) is 5.13 Å². The van der Waals surface area contributed by atoms with Crippen molar-refractivity contribution in [2.45, 2.75) is 45.6 Å². The largest absolute Gasteiger partial charge is 0.360 e. The molecule has 102 valence electrons. The number of aromatic nitrogens is 2. The Morgan fingerprint density at radius 3 is 2.78 bits per heavy atom. The van der Waals surface area contributed by atoms with Crippen molar-refractivity contribution in [3.05, 3.63) is 5.01 Å². The van der Waals surface area contributed by atoms with Crippen LogP contribution in [-0.4, -0.2) is 35.2 Å². The molecular formula is C13H24N4S. The summed E-state index contributed by atoms with van der Waals surface area (Å²) in [7, 11) is 2.20. The molecule has 5 heteroatoms. The van der Waals surface area contributed by atoms with Gasteiger partial charge in [-0.15, -0.1) is 10.2 Å². The van der Waals surface area contributed by atoms with Crippen LogP contribution in [-0.2, 0) is 6.54 Å². The Labute approximate surface area is 114 Å². The summed E-state index contributed by atoms with van der Waals surface area (Å²) in [6.45, 7) is 5.12. The van der Waals surface area contributed by atoms with Gasteiger partial charge in [0, 0.05) is 13.1 Å². The molecule has 0 amide bonds. The normalized spacial score (nSPS) is 17.3. The van der Waals surface area contributed by atoms with E-state index in [0.29, 0.717) is 0 Å². The topological polar surface area (TPSA) is 41.1 Å². The van der Waals surface area contributed by atoms with E-state index in [1.165, 1.54) is 38.6 Å². The molecule has 2 rings (SSSR count). The number of rotatable bonds is 6. The second kappa shape index (κ2) is 7.04. The summed E-state index contributed by atoms with van der Waals surface area (Å²) in [5, 5.41) is 13.6. The highest BCUT2D eigenvalue weighted by Crippen LogP contribution is 2.25. The van der Waals surface area contributed by atoms with E-state index in [4.69, 9.17) is 0 Å². The van der Waals surface area contributed by atoms with Crippen LogP contribution in [0.5, 0.6) is 0 Å². The third-order valence-electron chi connectivity index (χ3n) is 3.49. The van der Waals surface area contributed by atoms with Crippen molar-refractivity contribution >= 4 is 16.5 Å². The van der Waals surface area contributed by atoms with Gasteiger partial charge < -0.3 is 5.32 Å². The predicted molar refractivity (Wildman–Crippen MR) is 77.0 cm³/mol. The summed E-state index contributed by atoms with van der Waals surface area (Å²) >= 11 is 1.67. The Morgan fingerprint density at radius 2 is 2.06 bits per heavy atom. The van der Waals surface area contributed by atoms with Gasteiger partial charge in [-0.2, -0.15) is 0 Å². The lowest BCUT2D eigenvalue weighted by Gasteiger charge is -2.26. The fraction of sp³-hybridized carbons (Fsp3) is 0.846. The molecule has 0 atom stereocenters. The minimum atomic E-state index is 0.893. The van der Waals surface area contributed by atoms with Gasteiger partial charge in [-0.25, -0.2) is 0 Å². The summed E-state index contributed by atoms with van der Waals surface area (Å²) in [6.07, 6.45) is 7.08. The first kappa shape index (κ1) is 13.7. The van der Waals surface area contributed by atoms with E-state index in [-0.39, 0.29) is 0 Å². The van der Waals surface area contributed by atoms with Crippen molar-refractivity contribution in [3.8, 4) is 0 Å². The minimum Gasteiger partial charge on any atom is -0.360 e. The van der Waals surface area contributed by atoms with E-state index in [1.54, 1.807) is 11.3 Å². The average Bonchev–Trinajstić information content (AvgIpc) is 2.78. The zero-order valence-corrected chi connectivity index (χ0v) is 12.3. The van der Waals surface area contributed by atoms with Crippen LogP contribution in [0.1, 0.15) is 44.0 Å². The molecule has 1 aliphatic rings. The number of nitrogens with zero attached hydrogens (tertiary/aromatic N) is 3. The van der Waals surface area contributed by atoms with Crippen LogP contribution in [0, 0.1) is 5.92 Å². The van der Waals surface area contributed by atoms with Crippen molar-refractivity contribution < 1.29 is 0 Å². The van der Waals surface area contributed by atoms with Gasteiger partial charge in [0.1, 0.15) is 5.01 Å². The molecule has 1 aliphatic carbocycles. The maximum Gasteiger partial charge on any atom is 0.205 e. The van der Waals surface area contributed by atoms with Crippen molar-refractivity contribution in [2.24, 2.45) is 5.92 Å². The molecule has 1 aromatic rings. The maximum atomic E-state index is 4.23. The Bertz CT molecular complexity index is 347. The van der Waals surface area contributed by atoms with Gasteiger partial charge in [-0.05, 0) is 32.7 Å². The highest BCUT2D eigenvalue weighted by atomic mass is 32.1. The highest BCUT2D eigenvalue weighted by Gasteiger charge is 2.16. The summed E-state index contributed by atoms with van der Waals surface area (Å²) in [5.41, 5.74) is 0. The quantitative estimate of drug-likeness (QED) is 0.861. The minimum absolute atomic E-state index is 0.893. The number of hydrogen-bond acceptors (Lipinski definition) is 5. The van der Waals surface area contributed by atoms with Crippen LogP contribution in [0.25, 0.3) is 0 Å². The molecule has 1 N–H and O–H groups in total. The first-order valence-corrected chi connectivity index (χ1v) is 7.84. The van der Waals surface area contributed by atoms with E-state index in [9.17, 15) is 0 Å². The second-order valence-corrected chi connectivity index (χ2v) is 6.29. The molecule has 0 radical (unpaired) electrons. The number of anilines is 1. The molecule has 0 aromatic carbocycles. The van der Waals surface area contributed by atoms with Gasteiger partial charge in [0.05, 0.1) is 6.54 Å². The molecule has 1 aromatic heterocycles. The van der Waals surface area contributed by atoms with Crippen molar-refractivity contribution in [1.29, 1.82) is 0 Å². The molecule has 1 fully saturated rings. The Balaban J connectivity index is 1.76. The summed E-state index contributed by atoms with van der Waals surface area (Å²) in [5.74, 6) is 0.893. The molecule has 0 aliphatic heterocycles. The number of nitrogens with one attached hydrogen (secondary N) is 1. The fourth-order valence-corrected chi connectivity index (χ4v) is 3.53.